The first kappa shape index (κ1) is 37.3. The van der Waals surface area contributed by atoms with Crippen molar-refractivity contribution in [3.8, 4) is 11.5 Å². The Balaban J connectivity index is 0.853. The molecular formula is C37H46O16P2. The summed E-state index contributed by atoms with van der Waals surface area (Å²) in [6.45, 7) is 0.154. The number of phosphoric ester groups is 2. The number of phosphoric acid groups is 2. The van der Waals surface area contributed by atoms with Crippen LogP contribution in [0.15, 0.2) is 48.5 Å². The lowest BCUT2D eigenvalue weighted by molar-refractivity contribution is -0.648. The third-order valence-corrected chi connectivity index (χ3v) is 15.4. The van der Waals surface area contributed by atoms with Crippen LogP contribution in [0.3, 0.4) is 0 Å². The Morgan fingerprint density at radius 2 is 0.982 bits per heavy atom. The van der Waals surface area contributed by atoms with E-state index in [4.69, 9.17) is 47.5 Å². The number of ether oxygens (including phenoxy) is 4. The SMILES string of the molecule is COC1(c2cccc(OP(=O)(O)O)c2)OOC12C1CC3CC2CC(OCOC24CC5CC(C2)C2(OOC2(OC)c2cccc(OP(=O)(O)O)c2)C(C5)C4)(C3)C1. The van der Waals surface area contributed by atoms with E-state index in [9.17, 15) is 28.7 Å². The van der Waals surface area contributed by atoms with Gasteiger partial charge in [0.15, 0.2) is 11.2 Å². The molecule has 6 atom stereocenters. The maximum absolute atomic E-state index is 11.6. The van der Waals surface area contributed by atoms with Crippen molar-refractivity contribution in [3.63, 3.8) is 0 Å². The fraction of sp³-hybridized carbons (Fsp3) is 0.676. The summed E-state index contributed by atoms with van der Waals surface area (Å²) in [4.78, 5) is 61.8. The molecule has 10 aliphatic rings. The average Bonchev–Trinajstić information content (AvgIpc) is 3.06. The minimum absolute atomic E-state index is 0.00978. The van der Waals surface area contributed by atoms with Crippen molar-refractivity contribution < 1.29 is 76.2 Å². The van der Waals surface area contributed by atoms with Crippen LogP contribution in [0, 0.1) is 35.5 Å². The monoisotopic (exact) mass is 808 g/mol. The third kappa shape index (κ3) is 5.35. The minimum Gasteiger partial charge on any atom is -0.404 e. The molecule has 0 aromatic heterocycles. The first-order valence-electron chi connectivity index (χ1n) is 18.9. The zero-order valence-electron chi connectivity index (χ0n) is 30.4. The molecule has 2 saturated heterocycles. The summed E-state index contributed by atoms with van der Waals surface area (Å²) in [5, 5.41) is 0. The van der Waals surface area contributed by atoms with Crippen LogP contribution in [0.5, 0.6) is 11.5 Å². The quantitative estimate of drug-likeness (QED) is 0.119. The summed E-state index contributed by atoms with van der Waals surface area (Å²) >= 11 is 0. The highest BCUT2D eigenvalue weighted by atomic mass is 31.2. The number of methoxy groups -OCH3 is 2. The second kappa shape index (κ2) is 12.3. The Bertz CT molecular complexity index is 1790. The summed E-state index contributed by atoms with van der Waals surface area (Å²) in [5.74, 6) is -1.49. The van der Waals surface area contributed by atoms with Gasteiger partial charge in [0.2, 0.25) is 0 Å². The summed E-state index contributed by atoms with van der Waals surface area (Å²) in [5.41, 5.74) is -1.27. The molecule has 2 aromatic rings. The predicted molar refractivity (Wildman–Crippen MR) is 185 cm³/mol. The van der Waals surface area contributed by atoms with Gasteiger partial charge in [-0.1, -0.05) is 24.3 Å². The lowest BCUT2D eigenvalue weighted by Crippen LogP contribution is -2.79. The molecule has 2 heterocycles. The molecule has 2 spiro atoms. The van der Waals surface area contributed by atoms with Gasteiger partial charge in [-0.15, -0.1) is 0 Å². The van der Waals surface area contributed by atoms with E-state index in [1.54, 1.807) is 50.6 Å². The smallest absolute Gasteiger partial charge is 0.404 e. The van der Waals surface area contributed by atoms with Crippen molar-refractivity contribution >= 4 is 15.6 Å². The number of hydrogen-bond acceptors (Lipinski definition) is 12. The molecule has 0 radical (unpaired) electrons. The van der Waals surface area contributed by atoms with Crippen LogP contribution in [0.4, 0.5) is 0 Å². The van der Waals surface area contributed by atoms with E-state index in [0.29, 0.717) is 23.0 Å². The predicted octanol–water partition coefficient (Wildman–Crippen LogP) is 5.48. The van der Waals surface area contributed by atoms with Crippen LogP contribution in [-0.2, 0) is 59.2 Å². The van der Waals surface area contributed by atoms with Gasteiger partial charge in [-0.2, -0.15) is 9.78 Å². The van der Waals surface area contributed by atoms with E-state index in [-0.39, 0.29) is 42.0 Å². The maximum Gasteiger partial charge on any atom is 0.524 e. The van der Waals surface area contributed by atoms with Crippen LogP contribution in [0.25, 0.3) is 0 Å². The number of hydrogen-bond donors (Lipinski definition) is 4. The molecule has 0 amide bonds. The van der Waals surface area contributed by atoms with E-state index in [2.05, 4.69) is 0 Å². The van der Waals surface area contributed by atoms with Gasteiger partial charge < -0.3 is 28.0 Å². The van der Waals surface area contributed by atoms with Crippen molar-refractivity contribution in [2.24, 2.45) is 35.5 Å². The van der Waals surface area contributed by atoms with Gasteiger partial charge in [0.05, 0.1) is 11.2 Å². The highest BCUT2D eigenvalue weighted by molar-refractivity contribution is 7.47. The summed E-state index contributed by atoms with van der Waals surface area (Å²) in [6, 6.07) is 13.0. The van der Waals surface area contributed by atoms with Gasteiger partial charge >= 0.3 is 15.6 Å². The normalized spacial score (nSPS) is 44.8. The van der Waals surface area contributed by atoms with Crippen molar-refractivity contribution in [3.05, 3.63) is 59.7 Å². The van der Waals surface area contributed by atoms with Gasteiger partial charge in [-0.3, -0.25) is 19.6 Å². The Morgan fingerprint density at radius 1 is 0.600 bits per heavy atom. The van der Waals surface area contributed by atoms with Crippen LogP contribution in [-0.4, -0.2) is 63.0 Å². The van der Waals surface area contributed by atoms with Gasteiger partial charge in [0, 0.05) is 49.0 Å². The molecule has 2 aliphatic heterocycles. The number of benzene rings is 2. The van der Waals surface area contributed by atoms with E-state index in [1.165, 1.54) is 12.1 Å². The van der Waals surface area contributed by atoms with Crippen molar-refractivity contribution in [1.82, 2.24) is 0 Å². The zero-order valence-corrected chi connectivity index (χ0v) is 32.2. The molecule has 18 heteroatoms. The molecule has 2 aromatic carbocycles. The van der Waals surface area contributed by atoms with Crippen LogP contribution >= 0.6 is 15.6 Å². The van der Waals surface area contributed by atoms with Gasteiger partial charge in [-0.05, 0) is 100 Å². The average molecular weight is 809 g/mol. The summed E-state index contributed by atoms with van der Waals surface area (Å²) in [7, 11) is -6.42. The molecule has 6 unspecified atom stereocenters. The Morgan fingerprint density at radius 3 is 1.29 bits per heavy atom. The molecule has 8 saturated carbocycles. The lowest BCUT2D eigenvalue weighted by atomic mass is 9.45. The lowest BCUT2D eigenvalue weighted by Gasteiger charge is -2.71. The highest BCUT2D eigenvalue weighted by Gasteiger charge is 2.80. The molecule has 55 heavy (non-hydrogen) atoms. The van der Waals surface area contributed by atoms with Gasteiger partial charge in [-0.25, -0.2) is 18.9 Å². The van der Waals surface area contributed by atoms with Crippen LogP contribution in [0.1, 0.15) is 75.3 Å². The van der Waals surface area contributed by atoms with Crippen molar-refractivity contribution in [2.75, 3.05) is 21.0 Å². The minimum atomic E-state index is -4.78. The van der Waals surface area contributed by atoms with E-state index in [0.717, 1.165) is 64.2 Å². The molecule has 300 valence electrons. The van der Waals surface area contributed by atoms with Crippen molar-refractivity contribution in [1.29, 1.82) is 0 Å². The summed E-state index contributed by atoms with van der Waals surface area (Å²) < 4.78 is 59.1. The van der Waals surface area contributed by atoms with E-state index in [1.807, 2.05) is 0 Å². The zero-order chi connectivity index (χ0) is 38.3. The highest BCUT2D eigenvalue weighted by Crippen LogP contribution is 2.73. The molecule has 8 bridgehead atoms. The molecule has 10 fully saturated rings. The third-order valence-electron chi connectivity index (χ3n) is 14.5. The first-order chi connectivity index (χ1) is 26.1. The molecule has 4 N–H and O–H groups in total. The topological polar surface area (TPSA) is 207 Å². The van der Waals surface area contributed by atoms with Crippen LogP contribution in [0.2, 0.25) is 0 Å². The maximum atomic E-state index is 11.6. The van der Waals surface area contributed by atoms with E-state index < -0.39 is 49.6 Å². The molecular weight excluding hydrogens is 762 g/mol. The largest absolute Gasteiger partial charge is 0.524 e. The Hall–Kier alpha value is -1.98. The fourth-order valence-electron chi connectivity index (χ4n) is 13.2. The first-order valence-corrected chi connectivity index (χ1v) is 22.0. The molecule has 16 nitrogen and oxygen atoms in total. The fourth-order valence-corrected chi connectivity index (χ4v) is 13.9. The second-order valence-electron chi connectivity index (χ2n) is 17.2. The van der Waals surface area contributed by atoms with Crippen LogP contribution < -0.4 is 9.05 Å². The second-order valence-corrected chi connectivity index (χ2v) is 19.6. The Kier molecular flexibility index (Phi) is 8.33. The summed E-state index contributed by atoms with van der Waals surface area (Å²) in [6.07, 6.45) is 8.47. The Labute approximate surface area is 317 Å². The standard InChI is InChI=1S/C37H46O16P2/c1-44-36(24-5-3-7-30(13-24)48-54(38,39)40)34(50-52-36)26-9-22-10-27(34)18-32(15-22,17-26)46-21-47-33-16-23-11-28(19-33)35(29(12-23)20-33)37(45-2,53-51-35)25-6-4-8-31(14-25)49-55(41,42)43/h3-8,13-14,22-23,26-29H,9-12,15-21H2,1-2H3,(H2,38,39,40)(H2,41,42,43). The molecule has 12 rings (SSSR count). The number of rotatable bonds is 12. The van der Waals surface area contributed by atoms with Gasteiger partial charge in [0.25, 0.3) is 11.6 Å². The van der Waals surface area contributed by atoms with E-state index >= 15 is 0 Å². The molecule has 8 aliphatic carbocycles. The van der Waals surface area contributed by atoms with Gasteiger partial charge in [0.1, 0.15) is 18.3 Å². The van der Waals surface area contributed by atoms with Crippen molar-refractivity contribution in [2.45, 2.75) is 98.2 Å².